The van der Waals surface area contributed by atoms with Crippen molar-refractivity contribution in [2.24, 2.45) is 5.92 Å². The van der Waals surface area contributed by atoms with E-state index in [0.29, 0.717) is 19.4 Å². The molecule has 156 valence electrons. The molecule has 0 bridgehead atoms. The number of rotatable bonds is 4. The number of fused-ring (bicyclic) bond motifs is 1. The number of hydrogen-bond acceptors (Lipinski definition) is 3. The van der Waals surface area contributed by atoms with E-state index in [2.05, 4.69) is 5.32 Å². The number of aryl methyl sites for hydroxylation is 2. The first-order valence-electron chi connectivity index (χ1n) is 10.2. The van der Waals surface area contributed by atoms with Crippen LogP contribution in [0.1, 0.15) is 24.0 Å². The molecule has 3 aromatic carbocycles. The molecule has 1 aliphatic rings. The van der Waals surface area contributed by atoms with Crippen LogP contribution >= 0.6 is 0 Å². The Kier molecular flexibility index (Phi) is 5.62. The van der Waals surface area contributed by atoms with Crippen molar-refractivity contribution >= 4 is 32.4 Å². The van der Waals surface area contributed by atoms with Gasteiger partial charge in [-0.15, -0.1) is 0 Å². The third-order valence-electron chi connectivity index (χ3n) is 5.76. The van der Waals surface area contributed by atoms with Crippen LogP contribution in [0, 0.1) is 19.8 Å². The fourth-order valence-corrected chi connectivity index (χ4v) is 5.52. The van der Waals surface area contributed by atoms with Crippen molar-refractivity contribution in [1.82, 2.24) is 4.31 Å². The van der Waals surface area contributed by atoms with Gasteiger partial charge in [-0.05, 0) is 66.8 Å². The van der Waals surface area contributed by atoms with E-state index in [1.807, 2.05) is 62.4 Å². The highest BCUT2D eigenvalue weighted by Crippen LogP contribution is 2.27. The largest absolute Gasteiger partial charge is 0.326 e. The van der Waals surface area contributed by atoms with Crippen LogP contribution in [0.2, 0.25) is 0 Å². The van der Waals surface area contributed by atoms with Gasteiger partial charge in [-0.2, -0.15) is 4.31 Å². The summed E-state index contributed by atoms with van der Waals surface area (Å²) in [6, 6.07) is 18.8. The number of amides is 1. The lowest BCUT2D eigenvalue weighted by Gasteiger charge is -2.31. The number of sulfonamides is 1. The van der Waals surface area contributed by atoms with Crippen molar-refractivity contribution in [2.45, 2.75) is 31.6 Å². The van der Waals surface area contributed by atoms with Crippen molar-refractivity contribution in [3.63, 3.8) is 0 Å². The van der Waals surface area contributed by atoms with Gasteiger partial charge in [0.15, 0.2) is 0 Å². The van der Waals surface area contributed by atoms with Crippen LogP contribution in [-0.2, 0) is 14.8 Å². The van der Waals surface area contributed by atoms with Crippen LogP contribution < -0.4 is 5.32 Å². The molecule has 1 atom stereocenters. The van der Waals surface area contributed by atoms with E-state index in [-0.39, 0.29) is 23.3 Å². The van der Waals surface area contributed by atoms with Crippen molar-refractivity contribution in [2.75, 3.05) is 18.4 Å². The third kappa shape index (κ3) is 4.11. The standard InChI is InChI=1S/C24H26N2O3S/c1-17-9-10-18(2)23(14-17)25-24(27)21-8-5-13-26(16-21)30(28,29)22-12-11-19-6-3-4-7-20(19)15-22/h3-4,6-7,9-12,14-15,21H,5,8,13,16H2,1-2H3,(H,25,27)/t21-/m0/s1. The maximum atomic E-state index is 13.3. The molecule has 1 heterocycles. The highest BCUT2D eigenvalue weighted by atomic mass is 32.2. The number of nitrogens with one attached hydrogen (secondary N) is 1. The summed E-state index contributed by atoms with van der Waals surface area (Å²) >= 11 is 0. The van der Waals surface area contributed by atoms with Crippen molar-refractivity contribution in [3.8, 4) is 0 Å². The Hall–Kier alpha value is -2.70. The highest BCUT2D eigenvalue weighted by Gasteiger charge is 2.33. The van der Waals surface area contributed by atoms with Gasteiger partial charge < -0.3 is 5.32 Å². The summed E-state index contributed by atoms with van der Waals surface area (Å²) in [4.78, 5) is 13.2. The topological polar surface area (TPSA) is 66.5 Å². The minimum absolute atomic E-state index is 0.123. The summed E-state index contributed by atoms with van der Waals surface area (Å²) in [5.74, 6) is -0.490. The summed E-state index contributed by atoms with van der Waals surface area (Å²) in [5, 5.41) is 4.89. The highest BCUT2D eigenvalue weighted by molar-refractivity contribution is 7.89. The van der Waals surface area contributed by atoms with Gasteiger partial charge in [-0.3, -0.25) is 4.79 Å². The molecule has 1 amide bonds. The second kappa shape index (κ2) is 8.20. The maximum Gasteiger partial charge on any atom is 0.243 e. The van der Waals surface area contributed by atoms with Gasteiger partial charge >= 0.3 is 0 Å². The Bertz CT molecular complexity index is 1200. The molecule has 30 heavy (non-hydrogen) atoms. The molecule has 1 fully saturated rings. The average molecular weight is 423 g/mol. The predicted octanol–water partition coefficient (Wildman–Crippen LogP) is 4.50. The molecule has 0 spiro atoms. The van der Waals surface area contributed by atoms with Gasteiger partial charge in [-0.25, -0.2) is 8.42 Å². The van der Waals surface area contributed by atoms with E-state index in [9.17, 15) is 13.2 Å². The smallest absolute Gasteiger partial charge is 0.243 e. The normalized spacial score (nSPS) is 17.7. The average Bonchev–Trinajstić information content (AvgIpc) is 2.76. The fourth-order valence-electron chi connectivity index (χ4n) is 3.96. The first-order chi connectivity index (χ1) is 14.3. The number of piperidine rings is 1. The lowest BCUT2D eigenvalue weighted by Crippen LogP contribution is -2.43. The Morgan fingerprint density at radius 3 is 2.57 bits per heavy atom. The van der Waals surface area contributed by atoms with Gasteiger partial charge in [0.1, 0.15) is 0 Å². The quantitative estimate of drug-likeness (QED) is 0.673. The SMILES string of the molecule is Cc1ccc(C)c(NC(=O)[C@H]2CCCN(S(=O)(=O)c3ccc4ccccc4c3)C2)c1. The summed E-state index contributed by atoms with van der Waals surface area (Å²) in [6.07, 6.45) is 1.35. The fraction of sp³-hybridized carbons (Fsp3) is 0.292. The van der Waals surface area contributed by atoms with E-state index in [4.69, 9.17) is 0 Å². The molecule has 4 rings (SSSR count). The van der Waals surface area contributed by atoms with E-state index >= 15 is 0 Å². The third-order valence-corrected chi connectivity index (χ3v) is 7.63. The molecule has 5 nitrogen and oxygen atoms in total. The zero-order valence-electron chi connectivity index (χ0n) is 17.3. The van der Waals surface area contributed by atoms with Gasteiger partial charge in [0, 0.05) is 18.8 Å². The maximum absolute atomic E-state index is 13.3. The van der Waals surface area contributed by atoms with Crippen molar-refractivity contribution < 1.29 is 13.2 Å². The molecule has 0 radical (unpaired) electrons. The van der Waals surface area contributed by atoms with Gasteiger partial charge in [0.05, 0.1) is 10.8 Å². The summed E-state index contributed by atoms with van der Waals surface area (Å²) in [6.45, 7) is 4.56. The Labute approximate surface area is 177 Å². The van der Waals surface area contributed by atoms with E-state index in [1.54, 1.807) is 12.1 Å². The Balaban J connectivity index is 1.53. The van der Waals surface area contributed by atoms with Crippen LogP contribution in [0.15, 0.2) is 65.6 Å². The molecule has 0 saturated carbocycles. The molecule has 0 aliphatic carbocycles. The van der Waals surface area contributed by atoms with Crippen molar-refractivity contribution in [1.29, 1.82) is 0 Å². The monoisotopic (exact) mass is 422 g/mol. The van der Waals surface area contributed by atoms with Crippen LogP contribution in [0.5, 0.6) is 0 Å². The molecular formula is C24H26N2O3S. The second-order valence-corrected chi connectivity index (χ2v) is 9.96. The van der Waals surface area contributed by atoms with E-state index in [0.717, 1.165) is 27.6 Å². The molecule has 1 aliphatic heterocycles. The first kappa shape index (κ1) is 20.6. The number of nitrogens with zero attached hydrogens (tertiary/aromatic N) is 1. The molecule has 1 N–H and O–H groups in total. The number of carbonyl (C=O) groups is 1. The van der Waals surface area contributed by atoms with Crippen LogP contribution in [0.25, 0.3) is 10.8 Å². The molecule has 0 aromatic heterocycles. The molecule has 1 saturated heterocycles. The lowest BCUT2D eigenvalue weighted by molar-refractivity contribution is -0.120. The first-order valence-corrected chi connectivity index (χ1v) is 11.7. The Morgan fingerprint density at radius 1 is 1.00 bits per heavy atom. The Morgan fingerprint density at radius 2 is 1.77 bits per heavy atom. The number of hydrogen-bond donors (Lipinski definition) is 1. The summed E-state index contributed by atoms with van der Waals surface area (Å²) in [5.41, 5.74) is 2.85. The van der Waals surface area contributed by atoms with E-state index in [1.165, 1.54) is 4.31 Å². The van der Waals surface area contributed by atoms with Gasteiger partial charge in [-0.1, -0.05) is 42.5 Å². The van der Waals surface area contributed by atoms with Crippen LogP contribution in [0.3, 0.4) is 0 Å². The zero-order chi connectivity index (χ0) is 21.3. The molecule has 3 aromatic rings. The predicted molar refractivity (Wildman–Crippen MR) is 120 cm³/mol. The number of anilines is 1. The second-order valence-electron chi connectivity index (χ2n) is 8.02. The van der Waals surface area contributed by atoms with Crippen molar-refractivity contribution in [3.05, 3.63) is 71.8 Å². The molecule has 6 heteroatoms. The minimum atomic E-state index is -3.65. The summed E-state index contributed by atoms with van der Waals surface area (Å²) in [7, 11) is -3.65. The van der Waals surface area contributed by atoms with Gasteiger partial charge in [0.25, 0.3) is 0 Å². The zero-order valence-corrected chi connectivity index (χ0v) is 18.1. The minimum Gasteiger partial charge on any atom is -0.326 e. The number of carbonyl (C=O) groups excluding carboxylic acids is 1. The van der Waals surface area contributed by atoms with Gasteiger partial charge in [0.2, 0.25) is 15.9 Å². The van der Waals surface area contributed by atoms with E-state index < -0.39 is 10.0 Å². The van der Waals surface area contributed by atoms with Crippen LogP contribution in [0.4, 0.5) is 5.69 Å². The molecule has 0 unspecified atom stereocenters. The lowest BCUT2D eigenvalue weighted by atomic mass is 9.98. The number of benzene rings is 3. The summed E-state index contributed by atoms with van der Waals surface area (Å²) < 4.78 is 28.0. The molecular weight excluding hydrogens is 396 g/mol. The van der Waals surface area contributed by atoms with Crippen LogP contribution in [-0.4, -0.2) is 31.7 Å².